The Kier molecular flexibility index (Phi) is 28.7. The van der Waals surface area contributed by atoms with E-state index in [4.69, 9.17) is 18.9 Å². The Bertz CT molecular complexity index is 870. The molecule has 48 heavy (non-hydrogen) atoms. The largest absolute Gasteiger partial charge is 0.457 e. The molecule has 1 fully saturated rings. The Hall–Kier alpha value is -1.85. The highest BCUT2D eigenvalue weighted by Gasteiger charge is 2.44. The molecule has 0 radical (unpaired) electrons. The summed E-state index contributed by atoms with van der Waals surface area (Å²) in [7, 11) is 0. The Balaban J connectivity index is 2.34. The molecule has 0 bridgehead atoms. The van der Waals surface area contributed by atoms with E-state index in [0.29, 0.717) is 13.0 Å². The van der Waals surface area contributed by atoms with Gasteiger partial charge < -0.3 is 39.4 Å². The molecule has 0 aromatic carbocycles. The summed E-state index contributed by atoms with van der Waals surface area (Å²) in [5.41, 5.74) is 0. The first-order valence-corrected chi connectivity index (χ1v) is 18.7. The molecular weight excluding hydrogens is 612 g/mol. The normalized spacial score (nSPS) is 22.5. The highest BCUT2D eigenvalue weighted by molar-refractivity contribution is 5.69. The number of allylic oxidation sites excluding steroid dienone is 8. The third-order valence-corrected chi connectivity index (χ3v) is 8.26. The van der Waals surface area contributed by atoms with Crippen molar-refractivity contribution in [2.45, 2.75) is 166 Å². The molecule has 1 heterocycles. The summed E-state index contributed by atoms with van der Waals surface area (Å²) in [6.07, 6.45) is 28.5. The van der Waals surface area contributed by atoms with Gasteiger partial charge in [-0.2, -0.15) is 0 Å². The molecule has 4 N–H and O–H groups in total. The van der Waals surface area contributed by atoms with Crippen LogP contribution in [-0.2, 0) is 23.7 Å². The fourth-order valence-electron chi connectivity index (χ4n) is 5.30. The Morgan fingerprint density at radius 2 is 1.27 bits per heavy atom. The van der Waals surface area contributed by atoms with Crippen molar-refractivity contribution in [1.82, 2.24) is 0 Å². The van der Waals surface area contributed by atoms with Crippen molar-refractivity contribution in [2.24, 2.45) is 0 Å². The average Bonchev–Trinajstić information content (AvgIpc) is 3.08. The maximum atomic E-state index is 12.7. The molecule has 9 heteroatoms. The van der Waals surface area contributed by atoms with Crippen LogP contribution in [-0.4, -0.2) is 89.6 Å². The minimum absolute atomic E-state index is 0.124. The summed E-state index contributed by atoms with van der Waals surface area (Å²) in [5, 5.41) is 39.8. The van der Waals surface area contributed by atoms with Gasteiger partial charge in [-0.15, -0.1) is 0 Å². The van der Waals surface area contributed by atoms with Crippen molar-refractivity contribution >= 4 is 5.97 Å². The van der Waals surface area contributed by atoms with Gasteiger partial charge in [0, 0.05) is 13.0 Å². The van der Waals surface area contributed by atoms with Gasteiger partial charge in [0.15, 0.2) is 6.29 Å². The van der Waals surface area contributed by atoms with Gasteiger partial charge in [-0.05, 0) is 51.4 Å². The van der Waals surface area contributed by atoms with E-state index in [-0.39, 0.29) is 19.2 Å². The van der Waals surface area contributed by atoms with Gasteiger partial charge in [0.05, 0.1) is 19.8 Å². The number of esters is 1. The van der Waals surface area contributed by atoms with E-state index < -0.39 is 43.4 Å². The van der Waals surface area contributed by atoms with Crippen LogP contribution in [0, 0.1) is 0 Å². The van der Waals surface area contributed by atoms with Crippen LogP contribution in [0.3, 0.4) is 0 Å². The van der Waals surface area contributed by atoms with Crippen LogP contribution in [0.5, 0.6) is 0 Å². The zero-order valence-electron chi connectivity index (χ0n) is 30.0. The first kappa shape index (κ1) is 44.2. The fourth-order valence-corrected chi connectivity index (χ4v) is 5.30. The lowest BCUT2D eigenvalue weighted by molar-refractivity contribution is -0.305. The van der Waals surface area contributed by atoms with Gasteiger partial charge in [-0.3, -0.25) is 4.79 Å². The van der Waals surface area contributed by atoms with Crippen molar-refractivity contribution in [3.8, 4) is 0 Å². The molecule has 1 rings (SSSR count). The molecule has 0 aromatic heterocycles. The standard InChI is InChI=1S/C39H68O9/c1-3-5-7-9-11-13-14-15-16-17-18-19-20-21-22-24-26-28-35(41)47-33(31-45-29-27-25-23-12-10-8-6-4-2)32-46-39-38(44)37(43)36(42)34(30-40)48-39/h5,7,11,13,15-16,18-19,33-34,36-40,42-44H,3-4,6,8-10,12,14,17,20-32H2,1-2H3/b7-5-,13-11-,16-15-,19-18-. The van der Waals surface area contributed by atoms with Crippen LogP contribution >= 0.6 is 0 Å². The maximum Gasteiger partial charge on any atom is 0.306 e. The number of hydrogen-bond acceptors (Lipinski definition) is 9. The fraction of sp³-hybridized carbons (Fsp3) is 0.769. The second-order valence-electron chi connectivity index (χ2n) is 12.6. The van der Waals surface area contributed by atoms with Crippen LogP contribution < -0.4 is 0 Å². The number of ether oxygens (including phenoxy) is 4. The number of carbonyl (C=O) groups is 1. The SMILES string of the molecule is CC/C=C\C/C=C\C/C=C\C/C=C\CCCCCCC(=O)OC(COCCCCCCCCCC)COC1OC(CO)C(O)C(O)C1O. The highest BCUT2D eigenvalue weighted by Crippen LogP contribution is 2.22. The molecule has 0 spiro atoms. The number of carbonyl (C=O) groups excluding carboxylic acids is 1. The number of aliphatic hydroxyl groups excluding tert-OH is 4. The molecule has 1 aliphatic heterocycles. The molecule has 1 saturated heterocycles. The van der Waals surface area contributed by atoms with Gasteiger partial charge in [-0.1, -0.05) is 120 Å². The number of hydrogen-bond donors (Lipinski definition) is 4. The minimum Gasteiger partial charge on any atom is -0.457 e. The predicted octanol–water partition coefficient (Wildman–Crippen LogP) is 7.02. The first-order valence-electron chi connectivity index (χ1n) is 18.7. The van der Waals surface area contributed by atoms with E-state index in [9.17, 15) is 25.2 Å². The zero-order valence-corrected chi connectivity index (χ0v) is 30.0. The summed E-state index contributed by atoms with van der Waals surface area (Å²) < 4.78 is 22.6. The van der Waals surface area contributed by atoms with E-state index in [1.165, 1.54) is 38.5 Å². The summed E-state index contributed by atoms with van der Waals surface area (Å²) in [6, 6.07) is 0. The lowest BCUT2D eigenvalue weighted by atomic mass is 9.99. The second kappa shape index (κ2) is 31.2. The van der Waals surface area contributed by atoms with E-state index in [0.717, 1.165) is 70.6 Å². The van der Waals surface area contributed by atoms with E-state index >= 15 is 0 Å². The lowest BCUT2D eigenvalue weighted by Crippen LogP contribution is -2.59. The van der Waals surface area contributed by atoms with Crippen LogP contribution in [0.25, 0.3) is 0 Å². The summed E-state index contributed by atoms with van der Waals surface area (Å²) in [5.74, 6) is -0.341. The minimum atomic E-state index is -1.54. The molecule has 1 aliphatic rings. The van der Waals surface area contributed by atoms with Crippen LogP contribution in [0.15, 0.2) is 48.6 Å². The molecule has 6 unspecified atom stereocenters. The summed E-state index contributed by atoms with van der Waals surface area (Å²) in [6.45, 7) is 4.36. The third-order valence-electron chi connectivity index (χ3n) is 8.26. The highest BCUT2D eigenvalue weighted by atomic mass is 16.7. The smallest absolute Gasteiger partial charge is 0.306 e. The molecule has 9 nitrogen and oxygen atoms in total. The number of aliphatic hydroxyl groups is 4. The zero-order chi connectivity index (χ0) is 35.1. The van der Waals surface area contributed by atoms with Crippen molar-refractivity contribution in [2.75, 3.05) is 26.4 Å². The summed E-state index contributed by atoms with van der Waals surface area (Å²) in [4.78, 5) is 12.7. The topological polar surface area (TPSA) is 135 Å². The Morgan fingerprint density at radius 3 is 1.92 bits per heavy atom. The Labute approximate surface area is 291 Å². The lowest BCUT2D eigenvalue weighted by Gasteiger charge is -2.39. The van der Waals surface area contributed by atoms with Crippen molar-refractivity contribution < 1.29 is 44.2 Å². The average molecular weight is 681 g/mol. The first-order chi connectivity index (χ1) is 23.4. The van der Waals surface area contributed by atoms with E-state index in [1.807, 2.05) is 0 Å². The second-order valence-corrected chi connectivity index (χ2v) is 12.6. The molecular formula is C39H68O9. The van der Waals surface area contributed by atoms with Crippen LogP contribution in [0.4, 0.5) is 0 Å². The molecule has 0 saturated carbocycles. The van der Waals surface area contributed by atoms with Crippen molar-refractivity contribution in [1.29, 1.82) is 0 Å². The van der Waals surface area contributed by atoms with Crippen molar-refractivity contribution in [3.63, 3.8) is 0 Å². The number of unbranched alkanes of at least 4 members (excludes halogenated alkanes) is 11. The Morgan fingerprint density at radius 1 is 0.688 bits per heavy atom. The van der Waals surface area contributed by atoms with Gasteiger partial charge in [0.1, 0.15) is 30.5 Å². The van der Waals surface area contributed by atoms with Gasteiger partial charge >= 0.3 is 5.97 Å². The maximum absolute atomic E-state index is 12.7. The van der Waals surface area contributed by atoms with Gasteiger partial charge in [0.2, 0.25) is 0 Å². The molecule has 0 amide bonds. The molecule has 0 aromatic rings. The van der Waals surface area contributed by atoms with Gasteiger partial charge in [0.25, 0.3) is 0 Å². The monoisotopic (exact) mass is 680 g/mol. The third kappa shape index (κ3) is 22.7. The quantitative estimate of drug-likeness (QED) is 0.0359. The number of rotatable bonds is 30. The predicted molar refractivity (Wildman–Crippen MR) is 191 cm³/mol. The van der Waals surface area contributed by atoms with Gasteiger partial charge in [-0.25, -0.2) is 0 Å². The van der Waals surface area contributed by atoms with E-state index in [2.05, 4.69) is 62.5 Å². The molecule has 6 atom stereocenters. The van der Waals surface area contributed by atoms with Crippen LogP contribution in [0.1, 0.15) is 129 Å². The van der Waals surface area contributed by atoms with Crippen molar-refractivity contribution in [3.05, 3.63) is 48.6 Å². The van der Waals surface area contributed by atoms with E-state index in [1.54, 1.807) is 0 Å². The molecule has 0 aliphatic carbocycles. The summed E-state index contributed by atoms with van der Waals surface area (Å²) >= 11 is 0. The molecule has 278 valence electrons. The van der Waals surface area contributed by atoms with Crippen LogP contribution in [0.2, 0.25) is 0 Å².